The molecule has 1 aliphatic carbocycles. The van der Waals surface area contributed by atoms with Crippen LogP contribution in [0.4, 0.5) is 0 Å². The van der Waals surface area contributed by atoms with E-state index < -0.39 is 0 Å². The summed E-state index contributed by atoms with van der Waals surface area (Å²) in [7, 11) is 8.77. The summed E-state index contributed by atoms with van der Waals surface area (Å²) in [6.07, 6.45) is 0.899. The topological polar surface area (TPSA) is 39.3 Å². The molecular weight excluding hydrogens is 389 g/mol. The fourth-order valence-corrected chi connectivity index (χ4v) is 5.14. The molecule has 0 bridgehead atoms. The molecule has 2 aromatic rings. The van der Waals surface area contributed by atoms with Crippen LogP contribution in [0.2, 0.25) is 0 Å². The number of carbonyl (C=O) groups is 1. The Morgan fingerprint density at radius 1 is 1.38 bits per heavy atom. The highest BCUT2D eigenvalue weighted by atomic mass is 79.9. The van der Waals surface area contributed by atoms with Crippen LogP contribution in [0.5, 0.6) is 0 Å². The summed E-state index contributed by atoms with van der Waals surface area (Å²) in [6, 6.07) is 6.50. The van der Waals surface area contributed by atoms with Crippen molar-refractivity contribution >= 4 is 46.2 Å². The van der Waals surface area contributed by atoms with E-state index in [1.54, 1.807) is 0 Å². The van der Waals surface area contributed by atoms with Gasteiger partial charge in [-0.15, -0.1) is 0 Å². The van der Waals surface area contributed by atoms with Crippen LogP contribution in [0.1, 0.15) is 25.0 Å². The largest absolute Gasteiger partial charge is 0.349 e. The zero-order chi connectivity index (χ0) is 18.6. The molecule has 2 heterocycles. The molecular formula is C20H23BBrN3O. The van der Waals surface area contributed by atoms with Gasteiger partial charge in [0.1, 0.15) is 7.85 Å². The zero-order valence-electron chi connectivity index (χ0n) is 15.5. The van der Waals surface area contributed by atoms with E-state index in [9.17, 15) is 4.79 Å². The van der Waals surface area contributed by atoms with Gasteiger partial charge in [-0.25, -0.2) is 0 Å². The minimum atomic E-state index is -0.273. The monoisotopic (exact) mass is 411 g/mol. The van der Waals surface area contributed by atoms with E-state index >= 15 is 0 Å². The van der Waals surface area contributed by atoms with Crippen molar-refractivity contribution < 1.29 is 4.79 Å². The quantitative estimate of drug-likeness (QED) is 0.788. The number of halogens is 1. The van der Waals surface area contributed by atoms with Crippen LogP contribution in [0, 0.1) is 5.92 Å². The maximum absolute atomic E-state index is 13.1. The van der Waals surface area contributed by atoms with Crippen LogP contribution < -0.4 is 0 Å². The second-order valence-corrected chi connectivity index (χ2v) is 8.03. The first-order valence-electron chi connectivity index (χ1n) is 9.25. The fourth-order valence-electron chi connectivity index (χ4n) is 4.57. The predicted octanol–water partition coefficient (Wildman–Crippen LogP) is 3.16. The number of carbonyl (C=O) groups excluding carboxylic acids is 1. The molecule has 1 N–H and O–H groups in total. The zero-order valence-corrected chi connectivity index (χ0v) is 17.1. The third-order valence-electron chi connectivity index (χ3n) is 5.96. The van der Waals surface area contributed by atoms with Gasteiger partial charge in [0.2, 0.25) is 5.91 Å². The third kappa shape index (κ3) is 2.49. The molecule has 6 heteroatoms. The Balaban J connectivity index is 1.90. The van der Waals surface area contributed by atoms with Crippen molar-refractivity contribution in [2.45, 2.75) is 26.3 Å². The van der Waals surface area contributed by atoms with Crippen LogP contribution in [0.25, 0.3) is 16.5 Å². The number of nitrogens with one attached hydrogen (secondary N) is 1. The highest BCUT2D eigenvalue weighted by Gasteiger charge is 2.39. The number of amides is 1. The molecule has 134 valence electrons. The van der Waals surface area contributed by atoms with Crippen molar-refractivity contribution in [3.8, 4) is 0 Å². The predicted molar refractivity (Wildman–Crippen MR) is 110 cm³/mol. The van der Waals surface area contributed by atoms with Crippen LogP contribution in [0.15, 0.2) is 28.3 Å². The summed E-state index contributed by atoms with van der Waals surface area (Å²) < 4.78 is 1.05. The van der Waals surface area contributed by atoms with Gasteiger partial charge in [0.15, 0.2) is 0 Å². The van der Waals surface area contributed by atoms with E-state index in [0.29, 0.717) is 19.6 Å². The second-order valence-electron chi connectivity index (χ2n) is 7.24. The molecule has 4 rings (SSSR count). The number of nitrogens with zero attached hydrogens (tertiary/aromatic N) is 2. The molecule has 0 spiro atoms. The molecule has 1 amide bonds. The molecule has 2 unspecified atom stereocenters. The summed E-state index contributed by atoms with van der Waals surface area (Å²) in [5.41, 5.74) is 5.46. The van der Waals surface area contributed by atoms with Gasteiger partial charge in [0, 0.05) is 36.6 Å². The van der Waals surface area contributed by atoms with Gasteiger partial charge in [-0.05, 0) is 66.0 Å². The fraction of sp³-hybridized carbons (Fsp3) is 0.450. The lowest BCUT2D eigenvalue weighted by Gasteiger charge is -2.43. The first-order chi connectivity index (χ1) is 12.5. The Morgan fingerprint density at radius 3 is 2.81 bits per heavy atom. The first kappa shape index (κ1) is 17.9. The normalized spacial score (nSPS) is 22.6. The third-order valence-corrected chi connectivity index (χ3v) is 6.64. The molecule has 0 saturated heterocycles. The number of hydrogen-bond acceptors (Lipinski definition) is 2. The number of benzene rings is 1. The Morgan fingerprint density at radius 2 is 2.12 bits per heavy atom. The lowest BCUT2D eigenvalue weighted by atomic mass is 9.68. The van der Waals surface area contributed by atoms with Gasteiger partial charge in [-0.3, -0.25) is 9.69 Å². The Labute approximate surface area is 164 Å². The number of H-pyrrole nitrogens is 1. The van der Waals surface area contributed by atoms with Gasteiger partial charge in [-0.1, -0.05) is 17.6 Å². The summed E-state index contributed by atoms with van der Waals surface area (Å²) in [5.74, 6) is -0.135. The summed E-state index contributed by atoms with van der Waals surface area (Å²) in [6.45, 7) is 6.14. The lowest BCUT2D eigenvalue weighted by molar-refractivity contribution is -0.134. The number of fused-ring (bicyclic) bond motifs is 2. The van der Waals surface area contributed by atoms with Gasteiger partial charge in [-0.2, -0.15) is 0 Å². The smallest absolute Gasteiger partial charge is 0.230 e. The van der Waals surface area contributed by atoms with Gasteiger partial charge in [0.25, 0.3) is 0 Å². The summed E-state index contributed by atoms with van der Waals surface area (Å²) >= 11 is 3.68. The van der Waals surface area contributed by atoms with E-state index in [1.807, 2.05) is 18.7 Å². The maximum atomic E-state index is 13.1. The summed E-state index contributed by atoms with van der Waals surface area (Å²) in [4.78, 5) is 20.7. The highest BCUT2D eigenvalue weighted by Crippen LogP contribution is 2.45. The minimum absolute atomic E-state index is 0.138. The standard InChI is InChI=1S/C20H23BBrN3O/c1-4-25(5-2)20(26)13-10-24(3)15-9-12-16-11(17(15)18(13)21)7-6-8-14(16)23-19(12)22/h6-8,13,15,23H,4-5,9-10H2,1-3H3. The van der Waals surface area contributed by atoms with Crippen LogP contribution in [0.3, 0.4) is 0 Å². The highest BCUT2D eigenvalue weighted by molar-refractivity contribution is 9.10. The molecule has 2 aliphatic rings. The average Bonchev–Trinajstić information content (AvgIpc) is 2.96. The van der Waals surface area contributed by atoms with Crippen molar-refractivity contribution in [2.75, 3.05) is 26.7 Å². The number of likely N-dealkylation sites (N-methyl/N-ethyl adjacent to an activating group) is 1. The van der Waals surface area contributed by atoms with E-state index in [1.165, 1.54) is 10.9 Å². The number of hydrogen-bond donors (Lipinski definition) is 1. The molecule has 2 atom stereocenters. The molecule has 1 aromatic heterocycles. The Hall–Kier alpha value is -1.53. The molecule has 26 heavy (non-hydrogen) atoms. The van der Waals surface area contributed by atoms with Gasteiger partial charge >= 0.3 is 0 Å². The van der Waals surface area contributed by atoms with Gasteiger partial charge in [0.05, 0.1) is 10.5 Å². The molecule has 1 aliphatic heterocycles. The van der Waals surface area contributed by atoms with Crippen LogP contribution in [-0.2, 0) is 11.2 Å². The van der Waals surface area contributed by atoms with E-state index in [2.05, 4.69) is 51.1 Å². The molecule has 4 nitrogen and oxygen atoms in total. The van der Waals surface area contributed by atoms with Crippen molar-refractivity contribution in [2.24, 2.45) is 5.92 Å². The van der Waals surface area contributed by atoms with Crippen molar-refractivity contribution in [3.05, 3.63) is 39.4 Å². The second kappa shape index (κ2) is 6.57. The molecule has 2 radical (unpaired) electrons. The lowest BCUT2D eigenvalue weighted by Crippen LogP contribution is -2.49. The number of aromatic amines is 1. The van der Waals surface area contributed by atoms with Crippen molar-refractivity contribution in [1.82, 2.24) is 14.8 Å². The van der Waals surface area contributed by atoms with Crippen LogP contribution in [-0.4, -0.2) is 61.3 Å². The minimum Gasteiger partial charge on any atom is -0.349 e. The van der Waals surface area contributed by atoms with Crippen molar-refractivity contribution in [3.63, 3.8) is 0 Å². The SMILES string of the molecule is [B]C1=C2c3cccc4[nH]c(Br)c(c34)CC2N(C)CC1C(=O)N(CC)CC. The van der Waals surface area contributed by atoms with E-state index in [-0.39, 0.29) is 17.9 Å². The van der Waals surface area contributed by atoms with Gasteiger partial charge < -0.3 is 9.88 Å². The maximum Gasteiger partial charge on any atom is 0.230 e. The summed E-state index contributed by atoms with van der Waals surface area (Å²) in [5, 5.41) is 1.23. The molecule has 0 fully saturated rings. The van der Waals surface area contributed by atoms with Crippen LogP contribution >= 0.6 is 15.9 Å². The number of aromatic nitrogens is 1. The van der Waals surface area contributed by atoms with E-state index in [0.717, 1.165) is 33.1 Å². The first-order valence-corrected chi connectivity index (χ1v) is 10.0. The number of rotatable bonds is 3. The van der Waals surface area contributed by atoms with E-state index in [4.69, 9.17) is 7.85 Å². The molecule has 1 aromatic carbocycles. The van der Waals surface area contributed by atoms with Crippen molar-refractivity contribution in [1.29, 1.82) is 0 Å². The molecule has 0 saturated carbocycles. The Kier molecular flexibility index (Phi) is 4.52. The Bertz CT molecular complexity index is 915. The average molecular weight is 412 g/mol.